The first-order valence-corrected chi connectivity index (χ1v) is 11.1. The van der Waals surface area contributed by atoms with Gasteiger partial charge >= 0.3 is 0 Å². The lowest BCUT2D eigenvalue weighted by Gasteiger charge is -2.37. The number of hydrogen-bond donors (Lipinski definition) is 0. The first-order chi connectivity index (χ1) is 13.5. The van der Waals surface area contributed by atoms with Crippen molar-refractivity contribution in [2.24, 2.45) is 0 Å². The molecule has 0 amide bonds. The molecule has 0 N–H and O–H groups in total. The number of furan rings is 1. The van der Waals surface area contributed by atoms with Gasteiger partial charge in [0.05, 0.1) is 13.2 Å². The Morgan fingerprint density at radius 3 is 2.32 bits per heavy atom. The molecule has 4 rings (SSSR count). The summed E-state index contributed by atoms with van der Waals surface area (Å²) in [7, 11) is -3.37. The normalized spacial score (nSPS) is 20.5. The molecule has 0 aliphatic carbocycles. The zero-order chi connectivity index (χ0) is 19.6. The number of aryl methyl sites for hydroxylation is 1. The highest BCUT2D eigenvalue weighted by molar-refractivity contribution is 7.86. The van der Waals surface area contributed by atoms with E-state index >= 15 is 0 Å². The molecule has 0 spiro atoms. The quantitative estimate of drug-likeness (QED) is 0.761. The molecule has 0 bridgehead atoms. The van der Waals surface area contributed by atoms with Crippen LogP contribution in [-0.4, -0.2) is 74.4 Å². The summed E-state index contributed by atoms with van der Waals surface area (Å²) >= 11 is 0. The molecule has 2 aliphatic rings. The maximum atomic E-state index is 12.8. The second-order valence-corrected chi connectivity index (χ2v) is 9.23. The Labute approximate surface area is 166 Å². The van der Waals surface area contributed by atoms with Gasteiger partial charge in [-0.2, -0.15) is 17.0 Å². The van der Waals surface area contributed by atoms with Crippen molar-refractivity contribution in [3.63, 3.8) is 0 Å². The molecule has 2 aromatic rings. The van der Waals surface area contributed by atoms with Gasteiger partial charge in [-0.3, -0.25) is 4.90 Å². The van der Waals surface area contributed by atoms with Crippen LogP contribution in [0.15, 0.2) is 40.8 Å². The van der Waals surface area contributed by atoms with Crippen molar-refractivity contribution in [2.75, 3.05) is 52.5 Å². The predicted octanol–water partition coefficient (Wildman–Crippen LogP) is 1.95. The first kappa shape index (κ1) is 19.6. The summed E-state index contributed by atoms with van der Waals surface area (Å²) in [5.74, 6) is 1.78. The third kappa shape index (κ3) is 4.31. The maximum Gasteiger partial charge on any atom is 0.282 e. The molecule has 2 aliphatic heterocycles. The Morgan fingerprint density at radius 2 is 1.64 bits per heavy atom. The van der Waals surface area contributed by atoms with Crippen LogP contribution in [0.2, 0.25) is 0 Å². The van der Waals surface area contributed by atoms with E-state index in [4.69, 9.17) is 9.15 Å². The minimum atomic E-state index is -3.37. The SMILES string of the molecule is Cc1ccc(-c2cccc(CN3CCN(S(=O)(=O)N4CCOCC4)CC3)c2)o1. The average molecular weight is 406 g/mol. The monoisotopic (exact) mass is 405 g/mol. The van der Waals surface area contributed by atoms with Gasteiger partial charge in [-0.15, -0.1) is 0 Å². The minimum absolute atomic E-state index is 0.446. The van der Waals surface area contributed by atoms with E-state index in [0.29, 0.717) is 39.4 Å². The summed E-state index contributed by atoms with van der Waals surface area (Å²) < 4.78 is 39.7. The van der Waals surface area contributed by atoms with E-state index in [1.807, 2.05) is 25.1 Å². The number of ether oxygens (including phenoxy) is 1. The molecular formula is C20H27N3O4S. The number of morpholine rings is 1. The average Bonchev–Trinajstić information content (AvgIpc) is 3.16. The van der Waals surface area contributed by atoms with E-state index in [-0.39, 0.29) is 0 Å². The molecule has 0 unspecified atom stereocenters. The Balaban J connectivity index is 1.36. The molecule has 0 radical (unpaired) electrons. The summed E-state index contributed by atoms with van der Waals surface area (Å²) in [4.78, 5) is 2.30. The van der Waals surface area contributed by atoms with E-state index in [1.54, 1.807) is 8.61 Å². The first-order valence-electron chi connectivity index (χ1n) is 9.73. The fourth-order valence-corrected chi connectivity index (χ4v) is 5.29. The third-order valence-electron chi connectivity index (χ3n) is 5.31. The second kappa shape index (κ2) is 8.34. The molecule has 2 fully saturated rings. The predicted molar refractivity (Wildman–Crippen MR) is 107 cm³/mol. The molecule has 2 saturated heterocycles. The number of rotatable bonds is 5. The Bertz CT molecular complexity index is 898. The molecule has 1 aromatic carbocycles. The Morgan fingerprint density at radius 1 is 0.929 bits per heavy atom. The summed E-state index contributed by atoms with van der Waals surface area (Å²) in [5, 5.41) is 0. The lowest BCUT2D eigenvalue weighted by molar-refractivity contribution is 0.0684. The van der Waals surface area contributed by atoms with Crippen LogP contribution < -0.4 is 0 Å². The third-order valence-corrected chi connectivity index (χ3v) is 7.35. The van der Waals surface area contributed by atoms with Crippen LogP contribution >= 0.6 is 0 Å². The molecule has 28 heavy (non-hydrogen) atoms. The van der Waals surface area contributed by atoms with E-state index in [0.717, 1.165) is 36.7 Å². The fourth-order valence-electron chi connectivity index (χ4n) is 3.73. The van der Waals surface area contributed by atoms with Gasteiger partial charge in [-0.1, -0.05) is 18.2 Å². The van der Waals surface area contributed by atoms with Crippen molar-refractivity contribution in [1.29, 1.82) is 0 Å². The van der Waals surface area contributed by atoms with E-state index < -0.39 is 10.2 Å². The van der Waals surface area contributed by atoms with Crippen LogP contribution in [-0.2, 0) is 21.5 Å². The molecule has 1 aromatic heterocycles. The van der Waals surface area contributed by atoms with E-state index in [1.165, 1.54) is 5.56 Å². The van der Waals surface area contributed by atoms with Gasteiger partial charge in [0.1, 0.15) is 11.5 Å². The number of nitrogens with zero attached hydrogens (tertiary/aromatic N) is 3. The topological polar surface area (TPSA) is 66.2 Å². The van der Waals surface area contributed by atoms with Gasteiger partial charge in [-0.25, -0.2) is 0 Å². The van der Waals surface area contributed by atoms with Crippen molar-refractivity contribution in [3.8, 4) is 11.3 Å². The van der Waals surface area contributed by atoms with Gasteiger partial charge in [-0.05, 0) is 30.7 Å². The molecule has 3 heterocycles. The number of piperazine rings is 1. The smallest absolute Gasteiger partial charge is 0.282 e. The molecule has 7 nitrogen and oxygen atoms in total. The van der Waals surface area contributed by atoms with Crippen molar-refractivity contribution in [2.45, 2.75) is 13.5 Å². The van der Waals surface area contributed by atoms with Gasteiger partial charge in [0.2, 0.25) is 0 Å². The van der Waals surface area contributed by atoms with Crippen LogP contribution in [0.5, 0.6) is 0 Å². The summed E-state index contributed by atoms with van der Waals surface area (Å²) in [6.45, 7) is 7.10. The highest BCUT2D eigenvalue weighted by atomic mass is 32.2. The Kier molecular flexibility index (Phi) is 5.84. The maximum absolute atomic E-state index is 12.8. The van der Waals surface area contributed by atoms with Crippen LogP contribution in [0.1, 0.15) is 11.3 Å². The van der Waals surface area contributed by atoms with Gasteiger partial charge in [0.15, 0.2) is 0 Å². The van der Waals surface area contributed by atoms with Crippen LogP contribution in [0.25, 0.3) is 11.3 Å². The summed E-state index contributed by atoms with van der Waals surface area (Å²) in [6.07, 6.45) is 0. The molecular weight excluding hydrogens is 378 g/mol. The Hall–Kier alpha value is -1.71. The molecule has 8 heteroatoms. The molecule has 0 atom stereocenters. The lowest BCUT2D eigenvalue weighted by atomic mass is 10.1. The number of benzene rings is 1. The fraction of sp³-hybridized carbons (Fsp3) is 0.500. The van der Waals surface area contributed by atoms with Crippen molar-refractivity contribution in [1.82, 2.24) is 13.5 Å². The van der Waals surface area contributed by atoms with Gasteiger partial charge in [0, 0.05) is 51.4 Å². The lowest BCUT2D eigenvalue weighted by Crippen LogP contribution is -2.54. The highest BCUT2D eigenvalue weighted by Gasteiger charge is 2.33. The van der Waals surface area contributed by atoms with Crippen LogP contribution in [0, 0.1) is 6.92 Å². The van der Waals surface area contributed by atoms with Crippen molar-refractivity contribution < 1.29 is 17.6 Å². The molecule has 0 saturated carbocycles. The van der Waals surface area contributed by atoms with Crippen molar-refractivity contribution >= 4 is 10.2 Å². The largest absolute Gasteiger partial charge is 0.461 e. The zero-order valence-corrected chi connectivity index (χ0v) is 17.0. The summed E-state index contributed by atoms with van der Waals surface area (Å²) in [5.41, 5.74) is 2.27. The van der Waals surface area contributed by atoms with Gasteiger partial charge in [0.25, 0.3) is 10.2 Å². The van der Waals surface area contributed by atoms with E-state index in [9.17, 15) is 8.42 Å². The van der Waals surface area contributed by atoms with E-state index in [2.05, 4.69) is 23.1 Å². The standard InChI is InChI=1S/C20H27N3O4S/c1-17-5-6-20(27-17)19-4-2-3-18(15-19)16-21-7-9-22(10-8-21)28(24,25)23-11-13-26-14-12-23/h2-6,15H,7-14,16H2,1H3. The summed E-state index contributed by atoms with van der Waals surface area (Å²) in [6, 6.07) is 12.3. The van der Waals surface area contributed by atoms with Crippen molar-refractivity contribution in [3.05, 3.63) is 47.7 Å². The highest BCUT2D eigenvalue weighted by Crippen LogP contribution is 2.24. The minimum Gasteiger partial charge on any atom is -0.461 e. The van der Waals surface area contributed by atoms with Crippen LogP contribution in [0.3, 0.4) is 0 Å². The van der Waals surface area contributed by atoms with Gasteiger partial charge < -0.3 is 9.15 Å². The number of hydrogen-bond acceptors (Lipinski definition) is 5. The molecule has 152 valence electrons. The second-order valence-electron chi connectivity index (χ2n) is 7.31. The van der Waals surface area contributed by atoms with Crippen LogP contribution in [0.4, 0.5) is 0 Å². The zero-order valence-electron chi connectivity index (χ0n) is 16.2.